The lowest BCUT2D eigenvalue weighted by Crippen LogP contribution is -2.04. The third-order valence-electron chi connectivity index (χ3n) is 5.14. The van der Waals surface area contributed by atoms with Gasteiger partial charge < -0.3 is 9.30 Å². The van der Waals surface area contributed by atoms with E-state index in [2.05, 4.69) is 52.7 Å². The Morgan fingerprint density at radius 2 is 1.58 bits per heavy atom. The Labute approximate surface area is 189 Å². The highest BCUT2D eigenvalue weighted by atomic mass is 35.5. The summed E-state index contributed by atoms with van der Waals surface area (Å²) in [4.78, 5) is 4.92. The minimum Gasteiger partial charge on any atom is -0.484 e. The van der Waals surface area contributed by atoms with E-state index in [-0.39, 0.29) is 0 Å². The quantitative estimate of drug-likeness (QED) is 0.235. The van der Waals surface area contributed by atoms with Gasteiger partial charge in [-0.3, -0.25) is 4.98 Å². The summed E-state index contributed by atoms with van der Waals surface area (Å²) in [6.45, 7) is 0.297. The first-order valence-corrected chi connectivity index (χ1v) is 11.2. The molecule has 0 fully saturated rings. The second-order valence-electron chi connectivity index (χ2n) is 7.09. The van der Waals surface area contributed by atoms with Crippen molar-refractivity contribution in [1.29, 1.82) is 0 Å². The zero-order valence-electron chi connectivity index (χ0n) is 16.8. The van der Waals surface area contributed by atoms with Crippen LogP contribution < -0.4 is 4.74 Å². The monoisotopic (exact) mass is 446 g/mol. The smallest absolute Gasteiger partial charge is 0.191 e. The van der Waals surface area contributed by atoms with Crippen LogP contribution in [-0.4, -0.2) is 19.7 Å². The van der Waals surface area contributed by atoms with E-state index in [4.69, 9.17) is 21.3 Å². The van der Waals surface area contributed by atoms with Gasteiger partial charge >= 0.3 is 0 Å². The molecule has 154 valence electrons. The van der Waals surface area contributed by atoms with Crippen molar-refractivity contribution in [3.8, 4) is 5.75 Å². The number of ether oxygens (including phenoxy) is 1. The van der Waals surface area contributed by atoms with Crippen LogP contribution in [0.5, 0.6) is 5.75 Å². The van der Waals surface area contributed by atoms with E-state index in [1.54, 1.807) is 17.8 Å². The van der Waals surface area contributed by atoms with Crippen LogP contribution in [0.1, 0.15) is 11.5 Å². The highest BCUT2D eigenvalue weighted by Gasteiger charge is 2.13. The molecule has 0 bridgehead atoms. The van der Waals surface area contributed by atoms with Crippen LogP contribution in [0.4, 0.5) is 0 Å². The van der Waals surface area contributed by atoms with Crippen molar-refractivity contribution in [2.24, 2.45) is 7.05 Å². The van der Waals surface area contributed by atoms with Crippen LogP contribution in [0.15, 0.2) is 78.0 Å². The largest absolute Gasteiger partial charge is 0.484 e. The fraction of sp³-hybridized carbons (Fsp3) is 0.125. The van der Waals surface area contributed by atoms with Gasteiger partial charge in [0, 0.05) is 23.6 Å². The molecule has 3 aromatic carbocycles. The van der Waals surface area contributed by atoms with Gasteiger partial charge in [-0.15, -0.1) is 10.2 Å². The Morgan fingerprint density at radius 1 is 0.871 bits per heavy atom. The van der Waals surface area contributed by atoms with E-state index < -0.39 is 0 Å². The van der Waals surface area contributed by atoms with Crippen molar-refractivity contribution in [3.63, 3.8) is 0 Å². The molecule has 0 amide bonds. The van der Waals surface area contributed by atoms with Crippen LogP contribution >= 0.6 is 23.4 Å². The van der Waals surface area contributed by atoms with Gasteiger partial charge in [0.2, 0.25) is 0 Å². The Bertz CT molecular complexity index is 1380. The van der Waals surface area contributed by atoms with Gasteiger partial charge in [0.05, 0.1) is 16.2 Å². The summed E-state index contributed by atoms with van der Waals surface area (Å²) >= 11 is 7.78. The molecule has 0 aliphatic rings. The van der Waals surface area contributed by atoms with Crippen molar-refractivity contribution in [2.45, 2.75) is 17.5 Å². The summed E-state index contributed by atoms with van der Waals surface area (Å²) in [7, 11) is 1.94. The number of rotatable bonds is 6. The first-order chi connectivity index (χ1) is 15.2. The molecular weight excluding hydrogens is 428 g/mol. The molecule has 0 radical (unpaired) electrons. The normalized spacial score (nSPS) is 11.3. The minimum absolute atomic E-state index is 0.297. The van der Waals surface area contributed by atoms with E-state index in [1.807, 2.05) is 35.9 Å². The number of hydrogen-bond donors (Lipinski definition) is 0. The first kappa shape index (κ1) is 19.8. The molecule has 2 aromatic heterocycles. The SMILES string of the molecule is Cn1c(COc2ccccc2Cl)nnc1SCc1nc2ccccc2c2ccccc12. The van der Waals surface area contributed by atoms with Crippen molar-refractivity contribution in [1.82, 2.24) is 19.7 Å². The molecule has 0 aliphatic heterocycles. The number of para-hydroxylation sites is 2. The summed E-state index contributed by atoms with van der Waals surface area (Å²) in [6.07, 6.45) is 0. The third kappa shape index (κ3) is 3.96. The number of nitrogens with zero attached hydrogens (tertiary/aromatic N) is 4. The molecule has 0 N–H and O–H groups in total. The van der Waals surface area contributed by atoms with Crippen molar-refractivity contribution >= 4 is 45.0 Å². The average Bonchev–Trinajstić information content (AvgIpc) is 3.16. The lowest BCUT2D eigenvalue weighted by Gasteiger charge is -2.10. The molecule has 5 rings (SSSR count). The van der Waals surface area contributed by atoms with E-state index in [0.717, 1.165) is 27.6 Å². The van der Waals surface area contributed by atoms with Gasteiger partial charge in [0.25, 0.3) is 0 Å². The number of benzene rings is 3. The molecule has 2 heterocycles. The van der Waals surface area contributed by atoms with Crippen LogP contribution in [0.2, 0.25) is 5.02 Å². The maximum atomic E-state index is 6.16. The Kier molecular flexibility index (Phi) is 5.49. The highest BCUT2D eigenvalue weighted by Crippen LogP contribution is 2.30. The maximum absolute atomic E-state index is 6.16. The summed E-state index contributed by atoms with van der Waals surface area (Å²) < 4.78 is 7.76. The standard InChI is InChI=1S/C24H19ClN4OS/c1-29-23(14-30-22-13-7-5-11-19(22)25)27-28-24(29)31-15-21-18-10-3-2-8-16(18)17-9-4-6-12-20(17)26-21/h2-13H,14-15H2,1H3. The van der Waals surface area contributed by atoms with Crippen molar-refractivity contribution < 1.29 is 4.74 Å². The molecular formula is C24H19ClN4OS. The predicted molar refractivity (Wildman–Crippen MR) is 126 cm³/mol. The number of hydrogen-bond acceptors (Lipinski definition) is 5. The summed E-state index contributed by atoms with van der Waals surface area (Å²) in [5.74, 6) is 2.06. The molecule has 31 heavy (non-hydrogen) atoms. The van der Waals surface area contributed by atoms with Crippen LogP contribution in [-0.2, 0) is 19.4 Å². The number of fused-ring (bicyclic) bond motifs is 3. The molecule has 7 heteroatoms. The molecule has 0 saturated carbocycles. The zero-order chi connectivity index (χ0) is 21.2. The van der Waals surface area contributed by atoms with Gasteiger partial charge in [-0.25, -0.2) is 0 Å². The predicted octanol–water partition coefficient (Wildman–Crippen LogP) is 6.04. The average molecular weight is 447 g/mol. The summed E-state index contributed by atoms with van der Waals surface area (Å²) in [5.41, 5.74) is 2.04. The fourth-order valence-corrected chi connectivity index (χ4v) is 4.59. The van der Waals surface area contributed by atoms with Crippen molar-refractivity contribution in [2.75, 3.05) is 0 Å². The third-order valence-corrected chi connectivity index (χ3v) is 6.49. The van der Waals surface area contributed by atoms with Gasteiger partial charge in [-0.05, 0) is 23.6 Å². The second kappa shape index (κ2) is 8.57. The van der Waals surface area contributed by atoms with E-state index in [1.165, 1.54) is 10.8 Å². The first-order valence-electron chi connectivity index (χ1n) is 9.85. The minimum atomic E-state index is 0.297. The molecule has 0 saturated heterocycles. The maximum Gasteiger partial charge on any atom is 0.191 e. The molecule has 0 atom stereocenters. The fourth-order valence-electron chi connectivity index (χ4n) is 3.52. The van der Waals surface area contributed by atoms with E-state index >= 15 is 0 Å². The molecule has 0 unspecified atom stereocenters. The van der Waals surface area contributed by atoms with Crippen LogP contribution in [0.25, 0.3) is 21.7 Å². The summed E-state index contributed by atoms with van der Waals surface area (Å²) in [6, 6.07) is 24.1. The van der Waals surface area contributed by atoms with E-state index in [9.17, 15) is 0 Å². The Morgan fingerprint density at radius 3 is 2.42 bits per heavy atom. The Balaban J connectivity index is 1.37. The second-order valence-corrected chi connectivity index (χ2v) is 8.44. The lowest BCUT2D eigenvalue weighted by molar-refractivity contribution is 0.290. The van der Waals surface area contributed by atoms with Crippen LogP contribution in [0, 0.1) is 0 Å². The molecule has 0 spiro atoms. The number of pyridine rings is 1. The Hall–Kier alpha value is -3.09. The highest BCUT2D eigenvalue weighted by molar-refractivity contribution is 7.98. The van der Waals surface area contributed by atoms with Gasteiger partial charge in [0.1, 0.15) is 12.4 Å². The zero-order valence-corrected chi connectivity index (χ0v) is 18.4. The van der Waals surface area contributed by atoms with Gasteiger partial charge in [-0.1, -0.05) is 78.0 Å². The molecule has 5 aromatic rings. The van der Waals surface area contributed by atoms with Gasteiger partial charge in [-0.2, -0.15) is 0 Å². The lowest BCUT2D eigenvalue weighted by atomic mass is 10.0. The summed E-state index contributed by atoms with van der Waals surface area (Å²) in [5, 5.41) is 13.6. The molecule has 5 nitrogen and oxygen atoms in total. The van der Waals surface area contributed by atoms with Crippen LogP contribution in [0.3, 0.4) is 0 Å². The van der Waals surface area contributed by atoms with E-state index in [0.29, 0.717) is 23.1 Å². The number of aromatic nitrogens is 4. The number of thioether (sulfide) groups is 1. The topological polar surface area (TPSA) is 52.8 Å². The number of halogens is 1. The van der Waals surface area contributed by atoms with Gasteiger partial charge in [0.15, 0.2) is 11.0 Å². The molecule has 0 aliphatic carbocycles. The van der Waals surface area contributed by atoms with Crippen molar-refractivity contribution in [3.05, 3.63) is 89.3 Å².